The van der Waals surface area contributed by atoms with Crippen LogP contribution in [0.25, 0.3) is 0 Å². The fraction of sp³-hybridized carbons (Fsp3) is 0.600. The van der Waals surface area contributed by atoms with E-state index in [2.05, 4.69) is 12.2 Å². The number of hydrogen-bond donors (Lipinski definition) is 1. The first-order valence-corrected chi connectivity index (χ1v) is 7.24. The Bertz CT molecular complexity index is 428. The lowest BCUT2D eigenvalue weighted by molar-refractivity contribution is 0.377. The van der Waals surface area contributed by atoms with Crippen LogP contribution >= 0.6 is 11.6 Å². The van der Waals surface area contributed by atoms with Crippen LogP contribution in [0.4, 0.5) is 4.39 Å². The number of nitrogens with one attached hydrogen (secondary N) is 1. The van der Waals surface area contributed by atoms with Crippen molar-refractivity contribution in [3.63, 3.8) is 0 Å². The predicted molar refractivity (Wildman–Crippen MR) is 72.2 cm³/mol. The average molecular weight is 268 g/mol. The van der Waals surface area contributed by atoms with Crippen LogP contribution in [-0.4, -0.2) is 6.04 Å². The van der Waals surface area contributed by atoms with Gasteiger partial charge in [-0.2, -0.15) is 0 Å². The summed E-state index contributed by atoms with van der Waals surface area (Å²) < 4.78 is 13.5. The fourth-order valence-electron chi connectivity index (χ4n) is 2.73. The molecule has 0 saturated heterocycles. The van der Waals surface area contributed by atoms with Crippen LogP contribution in [0, 0.1) is 17.7 Å². The molecular formula is C15H19ClFN. The van der Waals surface area contributed by atoms with E-state index in [4.69, 9.17) is 11.6 Å². The van der Waals surface area contributed by atoms with E-state index in [-0.39, 0.29) is 16.9 Å². The molecule has 1 N–H and O–H groups in total. The number of rotatable bonds is 5. The maximum absolute atomic E-state index is 13.5. The largest absolute Gasteiger partial charge is 0.307 e. The van der Waals surface area contributed by atoms with Crippen LogP contribution in [0.3, 0.4) is 0 Å². The van der Waals surface area contributed by atoms with Gasteiger partial charge < -0.3 is 5.32 Å². The van der Waals surface area contributed by atoms with Crippen LogP contribution in [0.15, 0.2) is 18.2 Å². The van der Waals surface area contributed by atoms with E-state index in [1.807, 2.05) is 6.07 Å². The fourth-order valence-corrected chi connectivity index (χ4v) is 2.85. The highest BCUT2D eigenvalue weighted by atomic mass is 35.5. The van der Waals surface area contributed by atoms with Crippen LogP contribution in [0.1, 0.15) is 44.2 Å². The summed E-state index contributed by atoms with van der Waals surface area (Å²) in [5.74, 6) is 1.39. The zero-order valence-electron chi connectivity index (χ0n) is 10.6. The average Bonchev–Trinajstić information content (AvgIpc) is 3.22. The van der Waals surface area contributed by atoms with Crippen molar-refractivity contribution in [1.29, 1.82) is 0 Å². The summed E-state index contributed by atoms with van der Waals surface area (Å²) in [5, 5.41) is 3.89. The molecule has 1 atom stereocenters. The van der Waals surface area contributed by atoms with Crippen LogP contribution in [-0.2, 0) is 0 Å². The molecule has 98 valence electrons. The van der Waals surface area contributed by atoms with Crippen molar-refractivity contribution >= 4 is 11.6 Å². The first-order chi connectivity index (χ1) is 8.65. The lowest BCUT2D eigenvalue weighted by atomic mass is 10.0. The van der Waals surface area contributed by atoms with Crippen molar-refractivity contribution < 1.29 is 4.39 Å². The first-order valence-electron chi connectivity index (χ1n) is 6.86. The number of hydrogen-bond acceptors (Lipinski definition) is 1. The molecule has 2 aliphatic rings. The summed E-state index contributed by atoms with van der Waals surface area (Å²) in [7, 11) is 0. The second-order valence-electron chi connectivity index (χ2n) is 5.76. The number of benzene rings is 1. The molecule has 18 heavy (non-hydrogen) atoms. The van der Waals surface area contributed by atoms with Gasteiger partial charge in [0.15, 0.2) is 0 Å². The summed E-state index contributed by atoms with van der Waals surface area (Å²) in [6, 6.07) is 5.95. The SMILES string of the molecule is CC(NC(C1CC1)C1CC1)c1ccc(Cl)c(F)c1. The Kier molecular flexibility index (Phi) is 3.33. The maximum atomic E-state index is 13.5. The van der Waals surface area contributed by atoms with E-state index in [0.717, 1.165) is 17.4 Å². The van der Waals surface area contributed by atoms with Crippen molar-refractivity contribution in [2.24, 2.45) is 11.8 Å². The maximum Gasteiger partial charge on any atom is 0.142 e. The van der Waals surface area contributed by atoms with Crippen molar-refractivity contribution in [3.05, 3.63) is 34.6 Å². The third-order valence-electron chi connectivity index (χ3n) is 4.15. The lowest BCUT2D eigenvalue weighted by Crippen LogP contribution is -2.35. The smallest absolute Gasteiger partial charge is 0.142 e. The standard InChI is InChI=1S/C15H19ClFN/c1-9(12-6-7-13(16)14(17)8-12)18-15(10-2-3-10)11-4-5-11/h6-11,15,18H,2-5H2,1H3. The van der Waals surface area contributed by atoms with Gasteiger partial charge in [-0.15, -0.1) is 0 Å². The van der Waals surface area contributed by atoms with E-state index in [0.29, 0.717) is 6.04 Å². The summed E-state index contributed by atoms with van der Waals surface area (Å²) in [6.07, 6.45) is 5.43. The summed E-state index contributed by atoms with van der Waals surface area (Å²) in [5.41, 5.74) is 0.989. The van der Waals surface area contributed by atoms with Gasteiger partial charge in [0.1, 0.15) is 5.82 Å². The van der Waals surface area contributed by atoms with Crippen molar-refractivity contribution in [2.45, 2.75) is 44.7 Å². The van der Waals surface area contributed by atoms with Gasteiger partial charge in [0.05, 0.1) is 5.02 Å². The summed E-state index contributed by atoms with van der Waals surface area (Å²) in [6.45, 7) is 2.11. The van der Waals surface area contributed by atoms with Crippen LogP contribution < -0.4 is 5.32 Å². The van der Waals surface area contributed by atoms with E-state index in [1.165, 1.54) is 25.7 Å². The van der Waals surface area contributed by atoms with E-state index in [1.54, 1.807) is 12.1 Å². The van der Waals surface area contributed by atoms with Crippen molar-refractivity contribution in [2.75, 3.05) is 0 Å². The van der Waals surface area contributed by atoms with Gasteiger partial charge in [0.25, 0.3) is 0 Å². The Morgan fingerprint density at radius 2 is 1.83 bits per heavy atom. The van der Waals surface area contributed by atoms with Gasteiger partial charge in [-0.1, -0.05) is 17.7 Å². The highest BCUT2D eigenvalue weighted by Gasteiger charge is 2.41. The Morgan fingerprint density at radius 1 is 1.22 bits per heavy atom. The molecule has 0 bridgehead atoms. The Hall–Kier alpha value is -0.600. The molecule has 1 nitrogen and oxygen atoms in total. The third-order valence-corrected chi connectivity index (χ3v) is 4.45. The van der Waals surface area contributed by atoms with Gasteiger partial charge in [-0.25, -0.2) is 4.39 Å². The highest BCUT2D eigenvalue weighted by molar-refractivity contribution is 6.30. The Labute approximate surface area is 113 Å². The molecular weight excluding hydrogens is 249 g/mol. The molecule has 0 heterocycles. The van der Waals surface area contributed by atoms with Crippen molar-refractivity contribution in [3.8, 4) is 0 Å². The molecule has 0 aromatic heterocycles. The van der Waals surface area contributed by atoms with Gasteiger partial charge in [0.2, 0.25) is 0 Å². The van der Waals surface area contributed by atoms with Gasteiger partial charge in [-0.3, -0.25) is 0 Å². The minimum atomic E-state index is -0.322. The van der Waals surface area contributed by atoms with Crippen LogP contribution in [0.5, 0.6) is 0 Å². The molecule has 1 unspecified atom stereocenters. The zero-order valence-corrected chi connectivity index (χ0v) is 11.4. The molecule has 2 aliphatic carbocycles. The van der Waals surface area contributed by atoms with Gasteiger partial charge >= 0.3 is 0 Å². The van der Waals surface area contributed by atoms with E-state index in [9.17, 15) is 4.39 Å². The molecule has 2 fully saturated rings. The molecule has 0 amide bonds. The second-order valence-corrected chi connectivity index (χ2v) is 6.17. The Balaban J connectivity index is 1.68. The molecule has 0 aliphatic heterocycles. The Morgan fingerprint density at radius 3 is 2.33 bits per heavy atom. The minimum absolute atomic E-state index is 0.197. The molecule has 1 aromatic carbocycles. The number of halogens is 2. The minimum Gasteiger partial charge on any atom is -0.307 e. The normalized spacial score (nSPS) is 21.3. The highest BCUT2D eigenvalue weighted by Crippen LogP contribution is 2.45. The van der Waals surface area contributed by atoms with E-state index < -0.39 is 0 Å². The molecule has 3 heteroatoms. The third kappa shape index (κ3) is 2.70. The molecule has 1 aromatic rings. The monoisotopic (exact) mass is 267 g/mol. The first kappa shape index (κ1) is 12.4. The predicted octanol–water partition coefficient (Wildman–Crippen LogP) is 4.32. The summed E-state index contributed by atoms with van der Waals surface area (Å²) in [4.78, 5) is 0. The zero-order chi connectivity index (χ0) is 12.7. The lowest BCUT2D eigenvalue weighted by Gasteiger charge is -2.23. The molecule has 3 rings (SSSR count). The molecule has 2 saturated carbocycles. The topological polar surface area (TPSA) is 12.0 Å². The van der Waals surface area contributed by atoms with Crippen LogP contribution in [0.2, 0.25) is 5.02 Å². The molecule has 0 spiro atoms. The van der Waals surface area contributed by atoms with Crippen molar-refractivity contribution in [1.82, 2.24) is 5.32 Å². The van der Waals surface area contributed by atoms with Gasteiger partial charge in [0, 0.05) is 12.1 Å². The molecule has 0 radical (unpaired) electrons. The quantitative estimate of drug-likeness (QED) is 0.838. The van der Waals surface area contributed by atoms with E-state index >= 15 is 0 Å². The summed E-state index contributed by atoms with van der Waals surface area (Å²) >= 11 is 5.72. The van der Waals surface area contributed by atoms with Gasteiger partial charge in [-0.05, 0) is 62.1 Å². The second kappa shape index (κ2) is 4.82.